The summed E-state index contributed by atoms with van der Waals surface area (Å²) in [5.41, 5.74) is 3.28. The van der Waals surface area contributed by atoms with Gasteiger partial charge in [-0.3, -0.25) is 9.59 Å². The van der Waals surface area contributed by atoms with Crippen molar-refractivity contribution in [1.29, 1.82) is 0 Å². The van der Waals surface area contributed by atoms with Crippen LogP contribution in [-0.4, -0.2) is 70.8 Å². The Morgan fingerprint density at radius 3 is 2.26 bits per heavy atom. The van der Waals surface area contributed by atoms with Crippen LogP contribution in [-0.2, 0) is 33.7 Å². The lowest BCUT2D eigenvalue weighted by atomic mass is 10.0. The Labute approximate surface area is 227 Å². The number of aromatic hydroxyl groups is 1. The van der Waals surface area contributed by atoms with Crippen LogP contribution in [0.2, 0.25) is 0 Å². The number of aryl methyl sites for hydroxylation is 2. The van der Waals surface area contributed by atoms with Crippen molar-refractivity contribution in [1.82, 2.24) is 15.0 Å². The predicted molar refractivity (Wildman–Crippen MR) is 146 cm³/mol. The molecule has 206 valence electrons. The van der Waals surface area contributed by atoms with Gasteiger partial charge < -0.3 is 24.4 Å². The van der Waals surface area contributed by atoms with Crippen molar-refractivity contribution in [2.75, 3.05) is 34.0 Å². The molecular weight excluding hydrogens is 502 g/mol. The second-order valence-electron chi connectivity index (χ2n) is 8.59. The number of hydrogen-bond acceptors (Lipinski definition) is 9. The second-order valence-corrected chi connectivity index (χ2v) is 8.59. The van der Waals surface area contributed by atoms with Crippen molar-refractivity contribution in [2.24, 2.45) is 0 Å². The van der Waals surface area contributed by atoms with E-state index >= 15 is 0 Å². The SMILES string of the molecule is COc1cc(/C=C/C(=O)CC(=O)/C=C/c2ccc(CCc3cn(CCOCCO)nn3)c(OC)c2)ccc1O. The van der Waals surface area contributed by atoms with Gasteiger partial charge in [-0.1, -0.05) is 35.6 Å². The first-order valence-corrected chi connectivity index (χ1v) is 12.4. The lowest BCUT2D eigenvalue weighted by molar-refractivity contribution is -0.121. The van der Waals surface area contributed by atoms with Crippen molar-refractivity contribution in [2.45, 2.75) is 25.8 Å². The van der Waals surface area contributed by atoms with Gasteiger partial charge >= 0.3 is 0 Å². The number of ether oxygens (including phenoxy) is 3. The van der Waals surface area contributed by atoms with Crippen LogP contribution in [0.15, 0.2) is 54.7 Å². The minimum absolute atomic E-state index is 0.00740. The number of aliphatic hydroxyl groups excluding tert-OH is 1. The van der Waals surface area contributed by atoms with E-state index in [1.807, 2.05) is 24.4 Å². The number of allylic oxidation sites excluding steroid dienone is 2. The number of hydrogen-bond donors (Lipinski definition) is 2. The first-order valence-electron chi connectivity index (χ1n) is 12.4. The first kappa shape index (κ1) is 29.3. The number of aromatic nitrogens is 3. The molecule has 0 amide bonds. The maximum Gasteiger partial charge on any atom is 0.163 e. The highest BCUT2D eigenvalue weighted by atomic mass is 16.5. The van der Waals surface area contributed by atoms with Crippen LogP contribution in [0.4, 0.5) is 0 Å². The van der Waals surface area contributed by atoms with Crippen LogP contribution in [0.3, 0.4) is 0 Å². The van der Waals surface area contributed by atoms with Crippen LogP contribution >= 0.6 is 0 Å². The summed E-state index contributed by atoms with van der Waals surface area (Å²) in [5, 5.41) is 26.7. The van der Waals surface area contributed by atoms with Gasteiger partial charge in [0.05, 0.1) is 52.7 Å². The van der Waals surface area contributed by atoms with Gasteiger partial charge in [0.15, 0.2) is 23.1 Å². The standard InChI is InChI=1S/C29H33N3O7/c1-37-28-17-21(3-7-23(28)8-9-24-20-32(31-30-24)13-15-39-16-14-33)4-10-25(34)19-26(35)11-5-22-6-12-27(36)29(18-22)38-2/h3-7,10-12,17-18,20,33,36H,8-9,13-16,19H2,1-2H3/b10-4+,11-5+. The third kappa shape index (κ3) is 9.51. The molecule has 0 aliphatic heterocycles. The van der Waals surface area contributed by atoms with E-state index in [1.54, 1.807) is 36.1 Å². The molecule has 0 fully saturated rings. The molecule has 2 N–H and O–H groups in total. The zero-order valence-corrected chi connectivity index (χ0v) is 22.1. The summed E-state index contributed by atoms with van der Waals surface area (Å²) in [6, 6.07) is 10.4. The molecule has 3 rings (SSSR count). The van der Waals surface area contributed by atoms with E-state index in [2.05, 4.69) is 10.3 Å². The summed E-state index contributed by atoms with van der Waals surface area (Å²) in [5.74, 6) is 0.348. The molecule has 0 saturated carbocycles. The maximum absolute atomic E-state index is 12.3. The highest BCUT2D eigenvalue weighted by Gasteiger charge is 2.08. The average molecular weight is 536 g/mol. The van der Waals surface area contributed by atoms with Gasteiger partial charge in [-0.2, -0.15) is 0 Å². The summed E-state index contributed by atoms with van der Waals surface area (Å²) < 4.78 is 17.5. The molecule has 1 aromatic heterocycles. The largest absolute Gasteiger partial charge is 0.504 e. The van der Waals surface area contributed by atoms with Crippen molar-refractivity contribution in [3.05, 3.63) is 77.1 Å². The van der Waals surface area contributed by atoms with Gasteiger partial charge in [0.1, 0.15) is 5.75 Å². The Bertz CT molecular complexity index is 1310. The van der Waals surface area contributed by atoms with Crippen LogP contribution in [0.1, 0.15) is 28.8 Å². The van der Waals surface area contributed by atoms with E-state index in [0.717, 1.165) is 16.8 Å². The fourth-order valence-corrected chi connectivity index (χ4v) is 3.69. The number of methoxy groups -OCH3 is 2. The zero-order chi connectivity index (χ0) is 28.0. The number of aliphatic hydroxyl groups is 1. The van der Waals surface area contributed by atoms with E-state index in [-0.39, 0.29) is 30.3 Å². The number of phenols is 1. The maximum atomic E-state index is 12.3. The molecule has 0 aliphatic rings. The Hall–Kier alpha value is -4.28. The zero-order valence-electron chi connectivity index (χ0n) is 22.1. The Balaban J connectivity index is 1.51. The second kappa shape index (κ2) is 15.2. The van der Waals surface area contributed by atoms with E-state index in [4.69, 9.17) is 19.3 Å². The van der Waals surface area contributed by atoms with E-state index in [1.165, 1.54) is 25.3 Å². The van der Waals surface area contributed by atoms with Crippen LogP contribution in [0.25, 0.3) is 12.2 Å². The fraction of sp³-hybridized carbons (Fsp3) is 0.310. The van der Waals surface area contributed by atoms with Gasteiger partial charge in [0, 0.05) is 6.20 Å². The van der Waals surface area contributed by atoms with Crippen molar-refractivity contribution in [3.63, 3.8) is 0 Å². The molecule has 0 unspecified atom stereocenters. The van der Waals surface area contributed by atoms with Crippen molar-refractivity contribution < 1.29 is 34.0 Å². The molecule has 10 heteroatoms. The number of rotatable bonds is 16. The molecule has 0 aliphatic carbocycles. The summed E-state index contributed by atoms with van der Waals surface area (Å²) in [4.78, 5) is 24.5. The third-order valence-corrected chi connectivity index (χ3v) is 5.72. The summed E-state index contributed by atoms with van der Waals surface area (Å²) in [7, 11) is 3.03. The minimum atomic E-state index is -0.334. The van der Waals surface area contributed by atoms with Gasteiger partial charge in [-0.25, -0.2) is 4.68 Å². The Morgan fingerprint density at radius 2 is 1.59 bits per heavy atom. The molecular formula is C29H33N3O7. The van der Waals surface area contributed by atoms with Crippen molar-refractivity contribution >= 4 is 23.7 Å². The molecule has 0 spiro atoms. The van der Waals surface area contributed by atoms with Crippen LogP contribution < -0.4 is 9.47 Å². The number of ketones is 2. The molecule has 2 aromatic carbocycles. The van der Waals surface area contributed by atoms with Gasteiger partial charge in [-0.05, 0) is 59.9 Å². The van der Waals surface area contributed by atoms with Gasteiger partial charge in [-0.15, -0.1) is 5.10 Å². The molecule has 3 aromatic rings. The average Bonchev–Trinajstić information content (AvgIpc) is 3.40. The smallest absolute Gasteiger partial charge is 0.163 e. The molecule has 10 nitrogen and oxygen atoms in total. The first-order chi connectivity index (χ1) is 18.9. The number of phenolic OH excluding ortho intramolecular Hbond substituents is 1. The highest BCUT2D eigenvalue weighted by molar-refractivity contribution is 6.10. The summed E-state index contributed by atoms with van der Waals surface area (Å²) >= 11 is 0. The van der Waals surface area contributed by atoms with Crippen molar-refractivity contribution in [3.8, 4) is 17.2 Å². The molecule has 0 atom stereocenters. The number of carbonyl (C=O) groups is 2. The molecule has 0 bridgehead atoms. The molecule has 39 heavy (non-hydrogen) atoms. The van der Waals surface area contributed by atoms with E-state index < -0.39 is 0 Å². The van der Waals surface area contributed by atoms with E-state index in [0.29, 0.717) is 49.7 Å². The fourth-order valence-electron chi connectivity index (χ4n) is 3.69. The molecule has 1 heterocycles. The van der Waals surface area contributed by atoms with Crippen LogP contribution in [0, 0.1) is 0 Å². The predicted octanol–water partition coefficient (Wildman–Crippen LogP) is 3.05. The number of carbonyl (C=O) groups excluding carboxylic acids is 2. The minimum Gasteiger partial charge on any atom is -0.504 e. The Kier molecular flexibility index (Phi) is 11.4. The molecule has 0 radical (unpaired) electrons. The third-order valence-electron chi connectivity index (χ3n) is 5.72. The topological polar surface area (TPSA) is 133 Å². The normalized spacial score (nSPS) is 11.4. The Morgan fingerprint density at radius 1 is 0.923 bits per heavy atom. The quantitative estimate of drug-likeness (QED) is 0.161. The van der Waals surface area contributed by atoms with Gasteiger partial charge in [0.25, 0.3) is 0 Å². The lowest BCUT2D eigenvalue weighted by Gasteiger charge is -2.09. The van der Waals surface area contributed by atoms with E-state index in [9.17, 15) is 14.7 Å². The van der Waals surface area contributed by atoms with Crippen LogP contribution in [0.5, 0.6) is 17.2 Å². The summed E-state index contributed by atoms with van der Waals surface area (Å²) in [6.45, 7) is 1.31. The molecule has 0 saturated heterocycles. The highest BCUT2D eigenvalue weighted by Crippen LogP contribution is 2.27. The number of nitrogens with zero attached hydrogens (tertiary/aromatic N) is 3. The summed E-state index contributed by atoms with van der Waals surface area (Å²) in [6.07, 6.45) is 8.92. The van der Waals surface area contributed by atoms with Gasteiger partial charge in [0.2, 0.25) is 0 Å². The monoisotopic (exact) mass is 535 g/mol. The lowest BCUT2D eigenvalue weighted by Crippen LogP contribution is -2.08. The number of benzene rings is 2.